The van der Waals surface area contributed by atoms with Gasteiger partial charge in [0.15, 0.2) is 4.67 Å². The standard InChI is InChI=1S/C11H17BrO3/c1-8(2)10(7-13-3)14-6-9-4-5-11(12)15-9/h4-5,8,10H,6-7H2,1-3H3. The van der Waals surface area contributed by atoms with Crippen molar-refractivity contribution in [3.05, 3.63) is 22.6 Å². The fraction of sp³-hybridized carbons (Fsp3) is 0.636. The van der Waals surface area contributed by atoms with E-state index in [0.29, 0.717) is 19.1 Å². The van der Waals surface area contributed by atoms with Crippen molar-refractivity contribution in [3.63, 3.8) is 0 Å². The minimum Gasteiger partial charge on any atom is -0.452 e. The summed E-state index contributed by atoms with van der Waals surface area (Å²) in [4.78, 5) is 0. The molecule has 3 nitrogen and oxygen atoms in total. The summed E-state index contributed by atoms with van der Waals surface area (Å²) in [5.74, 6) is 1.26. The molecule has 1 aromatic rings. The van der Waals surface area contributed by atoms with Crippen molar-refractivity contribution in [2.75, 3.05) is 13.7 Å². The molecule has 86 valence electrons. The van der Waals surface area contributed by atoms with Gasteiger partial charge in [-0.3, -0.25) is 0 Å². The van der Waals surface area contributed by atoms with E-state index in [9.17, 15) is 0 Å². The molecular formula is C11H17BrO3. The van der Waals surface area contributed by atoms with Crippen LogP contribution in [0.3, 0.4) is 0 Å². The Morgan fingerprint density at radius 1 is 1.40 bits per heavy atom. The Morgan fingerprint density at radius 3 is 2.60 bits per heavy atom. The molecule has 0 aromatic carbocycles. The zero-order valence-electron chi connectivity index (χ0n) is 9.33. The second-order valence-electron chi connectivity index (χ2n) is 3.75. The summed E-state index contributed by atoms with van der Waals surface area (Å²) in [5.41, 5.74) is 0. The van der Waals surface area contributed by atoms with Crippen LogP contribution in [-0.4, -0.2) is 19.8 Å². The molecule has 0 amide bonds. The van der Waals surface area contributed by atoms with Crippen LogP contribution in [0, 0.1) is 5.92 Å². The van der Waals surface area contributed by atoms with Crippen LogP contribution >= 0.6 is 15.9 Å². The second kappa shape index (κ2) is 6.30. The van der Waals surface area contributed by atoms with Gasteiger partial charge in [-0.25, -0.2) is 0 Å². The van der Waals surface area contributed by atoms with Crippen LogP contribution in [-0.2, 0) is 16.1 Å². The third-order valence-corrected chi connectivity index (χ3v) is 2.57. The molecule has 0 radical (unpaired) electrons. The third kappa shape index (κ3) is 4.36. The number of furan rings is 1. The summed E-state index contributed by atoms with van der Waals surface area (Å²) in [6.07, 6.45) is 0.110. The summed E-state index contributed by atoms with van der Waals surface area (Å²) in [7, 11) is 1.68. The van der Waals surface area contributed by atoms with E-state index in [1.54, 1.807) is 7.11 Å². The first-order valence-corrected chi connectivity index (χ1v) is 5.77. The van der Waals surface area contributed by atoms with E-state index in [1.807, 2.05) is 12.1 Å². The summed E-state index contributed by atoms with van der Waals surface area (Å²) in [6.45, 7) is 5.32. The Balaban J connectivity index is 2.39. The van der Waals surface area contributed by atoms with Gasteiger partial charge in [-0.05, 0) is 34.0 Å². The van der Waals surface area contributed by atoms with Gasteiger partial charge in [0.1, 0.15) is 12.4 Å². The van der Waals surface area contributed by atoms with Gasteiger partial charge in [0.2, 0.25) is 0 Å². The van der Waals surface area contributed by atoms with Crippen molar-refractivity contribution in [2.24, 2.45) is 5.92 Å². The second-order valence-corrected chi connectivity index (χ2v) is 4.54. The van der Waals surface area contributed by atoms with Crippen LogP contribution in [0.25, 0.3) is 0 Å². The lowest BCUT2D eigenvalue weighted by Gasteiger charge is -2.19. The van der Waals surface area contributed by atoms with Crippen LogP contribution < -0.4 is 0 Å². The number of methoxy groups -OCH3 is 1. The highest BCUT2D eigenvalue weighted by Gasteiger charge is 2.14. The molecule has 1 unspecified atom stereocenters. The monoisotopic (exact) mass is 276 g/mol. The average molecular weight is 277 g/mol. The van der Waals surface area contributed by atoms with Gasteiger partial charge < -0.3 is 13.9 Å². The van der Waals surface area contributed by atoms with Crippen molar-refractivity contribution in [1.82, 2.24) is 0 Å². The number of hydrogen-bond donors (Lipinski definition) is 0. The predicted octanol–water partition coefficient (Wildman–Crippen LogP) is 3.23. The molecule has 0 aliphatic heterocycles. The maximum absolute atomic E-state index is 5.70. The summed E-state index contributed by atoms with van der Waals surface area (Å²) < 4.78 is 16.9. The molecule has 0 fully saturated rings. The van der Waals surface area contributed by atoms with E-state index in [1.165, 1.54) is 0 Å². The molecule has 0 saturated carbocycles. The Morgan fingerprint density at radius 2 is 2.13 bits per heavy atom. The Kier molecular flexibility index (Phi) is 5.36. The minimum atomic E-state index is 0.110. The topological polar surface area (TPSA) is 31.6 Å². The largest absolute Gasteiger partial charge is 0.452 e. The molecule has 0 saturated heterocycles. The first-order chi connectivity index (χ1) is 7.13. The first-order valence-electron chi connectivity index (χ1n) is 4.98. The fourth-order valence-corrected chi connectivity index (χ4v) is 1.56. The average Bonchev–Trinajstić information content (AvgIpc) is 2.58. The smallest absolute Gasteiger partial charge is 0.169 e. The van der Waals surface area contributed by atoms with Gasteiger partial charge in [0.05, 0.1) is 12.7 Å². The summed E-state index contributed by atoms with van der Waals surface area (Å²) in [5, 5.41) is 0. The van der Waals surface area contributed by atoms with Crippen LogP contribution in [0.1, 0.15) is 19.6 Å². The van der Waals surface area contributed by atoms with Crippen molar-refractivity contribution in [1.29, 1.82) is 0 Å². The maximum Gasteiger partial charge on any atom is 0.169 e. The van der Waals surface area contributed by atoms with Gasteiger partial charge in [-0.15, -0.1) is 0 Å². The van der Waals surface area contributed by atoms with E-state index >= 15 is 0 Å². The van der Waals surface area contributed by atoms with Gasteiger partial charge in [-0.1, -0.05) is 13.8 Å². The summed E-state index contributed by atoms with van der Waals surface area (Å²) in [6, 6.07) is 3.76. The zero-order chi connectivity index (χ0) is 11.3. The van der Waals surface area contributed by atoms with Gasteiger partial charge in [0, 0.05) is 7.11 Å². The lowest BCUT2D eigenvalue weighted by molar-refractivity contribution is -0.0411. The normalized spacial score (nSPS) is 13.4. The van der Waals surface area contributed by atoms with Crippen LogP contribution in [0.2, 0.25) is 0 Å². The van der Waals surface area contributed by atoms with Gasteiger partial charge >= 0.3 is 0 Å². The Labute approximate surface area is 98.9 Å². The quantitative estimate of drug-likeness (QED) is 0.800. The molecule has 1 rings (SSSR count). The molecular weight excluding hydrogens is 260 g/mol. The predicted molar refractivity (Wildman–Crippen MR) is 61.7 cm³/mol. The minimum absolute atomic E-state index is 0.110. The highest BCUT2D eigenvalue weighted by molar-refractivity contribution is 9.10. The van der Waals surface area contributed by atoms with Gasteiger partial charge in [-0.2, -0.15) is 0 Å². The molecule has 0 spiro atoms. The van der Waals surface area contributed by atoms with E-state index in [2.05, 4.69) is 29.8 Å². The van der Waals surface area contributed by atoms with Crippen LogP contribution in [0.15, 0.2) is 21.2 Å². The number of halogens is 1. The van der Waals surface area contributed by atoms with Crippen LogP contribution in [0.4, 0.5) is 0 Å². The first kappa shape index (κ1) is 12.7. The molecule has 0 aliphatic rings. The van der Waals surface area contributed by atoms with Crippen molar-refractivity contribution < 1.29 is 13.9 Å². The lowest BCUT2D eigenvalue weighted by Crippen LogP contribution is -2.24. The number of ether oxygens (including phenoxy) is 2. The number of rotatable bonds is 6. The van der Waals surface area contributed by atoms with Crippen molar-refractivity contribution >= 4 is 15.9 Å². The molecule has 0 N–H and O–H groups in total. The van der Waals surface area contributed by atoms with E-state index in [4.69, 9.17) is 13.9 Å². The molecule has 0 aliphatic carbocycles. The molecule has 1 atom stereocenters. The van der Waals surface area contributed by atoms with Gasteiger partial charge in [0.25, 0.3) is 0 Å². The Bertz CT molecular complexity index is 283. The fourth-order valence-electron chi connectivity index (χ4n) is 1.22. The lowest BCUT2D eigenvalue weighted by atomic mass is 10.1. The van der Waals surface area contributed by atoms with E-state index in [0.717, 1.165) is 10.4 Å². The highest BCUT2D eigenvalue weighted by Crippen LogP contribution is 2.16. The Hall–Kier alpha value is -0.320. The van der Waals surface area contributed by atoms with Crippen molar-refractivity contribution in [2.45, 2.75) is 26.6 Å². The molecule has 1 heterocycles. The van der Waals surface area contributed by atoms with E-state index < -0.39 is 0 Å². The molecule has 15 heavy (non-hydrogen) atoms. The summed E-state index contributed by atoms with van der Waals surface area (Å²) >= 11 is 3.25. The van der Waals surface area contributed by atoms with E-state index in [-0.39, 0.29) is 6.10 Å². The zero-order valence-corrected chi connectivity index (χ0v) is 10.9. The van der Waals surface area contributed by atoms with Crippen molar-refractivity contribution in [3.8, 4) is 0 Å². The van der Waals surface area contributed by atoms with Crippen LogP contribution in [0.5, 0.6) is 0 Å². The highest BCUT2D eigenvalue weighted by atomic mass is 79.9. The molecule has 1 aromatic heterocycles. The molecule has 4 heteroatoms. The SMILES string of the molecule is COCC(OCc1ccc(Br)o1)C(C)C. The molecule has 0 bridgehead atoms. The maximum atomic E-state index is 5.70. The third-order valence-electron chi connectivity index (χ3n) is 2.14. The number of hydrogen-bond acceptors (Lipinski definition) is 3.